The van der Waals surface area contributed by atoms with Crippen molar-refractivity contribution in [3.8, 4) is 5.75 Å². The van der Waals surface area contributed by atoms with E-state index in [0.717, 1.165) is 0 Å². The second kappa shape index (κ2) is 5.32. The molecule has 0 saturated carbocycles. The molecule has 3 heteroatoms. The number of rotatable bonds is 3. The lowest BCUT2D eigenvalue weighted by atomic mass is 10.2. The van der Waals surface area contributed by atoms with Gasteiger partial charge in [0.15, 0.2) is 0 Å². The molecule has 80 valence electrons. The number of benzene rings is 1. The minimum atomic E-state index is -0.363. The molecule has 1 aromatic rings. The van der Waals surface area contributed by atoms with Crippen LogP contribution in [-0.2, 0) is 4.79 Å². The van der Waals surface area contributed by atoms with Crippen LogP contribution in [-0.4, -0.2) is 12.0 Å². The highest BCUT2D eigenvalue weighted by molar-refractivity contribution is 5.89. The van der Waals surface area contributed by atoms with E-state index >= 15 is 0 Å². The molecule has 1 aromatic carbocycles. The Bertz CT molecular complexity index is 355. The van der Waals surface area contributed by atoms with Gasteiger partial charge in [-0.05, 0) is 26.0 Å². The molecule has 3 nitrogen and oxygen atoms in total. The van der Waals surface area contributed by atoms with Crippen LogP contribution >= 0.6 is 0 Å². The van der Waals surface area contributed by atoms with Crippen molar-refractivity contribution in [2.24, 2.45) is 5.73 Å². The van der Waals surface area contributed by atoms with Gasteiger partial charge in [-0.2, -0.15) is 0 Å². The fourth-order valence-corrected chi connectivity index (χ4v) is 1.14. The van der Waals surface area contributed by atoms with Crippen molar-refractivity contribution in [1.82, 2.24) is 0 Å². The van der Waals surface area contributed by atoms with Gasteiger partial charge in [0.05, 0.1) is 0 Å². The van der Waals surface area contributed by atoms with Gasteiger partial charge in [0.2, 0.25) is 0 Å². The average molecular weight is 205 g/mol. The van der Waals surface area contributed by atoms with E-state index in [0.29, 0.717) is 11.3 Å². The normalized spacial score (nSPS) is 13.4. The van der Waals surface area contributed by atoms with Gasteiger partial charge in [0.1, 0.15) is 5.75 Å². The van der Waals surface area contributed by atoms with E-state index < -0.39 is 0 Å². The minimum absolute atomic E-state index is 0.145. The van der Waals surface area contributed by atoms with Crippen molar-refractivity contribution in [2.45, 2.75) is 19.9 Å². The fraction of sp³-hybridized carbons (Fsp3) is 0.250. The third-order valence-corrected chi connectivity index (χ3v) is 1.79. The number of carbonyl (C=O) groups is 1. The number of hydrogen-bond acceptors (Lipinski definition) is 3. The molecule has 0 saturated heterocycles. The molecule has 1 atom stereocenters. The lowest BCUT2D eigenvalue weighted by Crippen LogP contribution is -2.16. The Hall–Kier alpha value is -1.61. The molecule has 0 amide bonds. The third-order valence-electron chi connectivity index (χ3n) is 1.79. The average Bonchev–Trinajstić information content (AvgIpc) is 2.18. The van der Waals surface area contributed by atoms with Crippen LogP contribution in [0, 0.1) is 0 Å². The van der Waals surface area contributed by atoms with Crippen LogP contribution in [0.15, 0.2) is 42.0 Å². The molecule has 0 aliphatic heterocycles. The maximum Gasteiger partial charge on any atom is 0.338 e. The molecule has 0 fully saturated rings. The summed E-state index contributed by atoms with van der Waals surface area (Å²) in [5.74, 6) is 0.179. The fourth-order valence-electron chi connectivity index (χ4n) is 1.14. The maximum absolute atomic E-state index is 11.5. The van der Waals surface area contributed by atoms with Gasteiger partial charge < -0.3 is 10.5 Å². The molecular weight excluding hydrogens is 190 g/mol. The summed E-state index contributed by atoms with van der Waals surface area (Å²) < 4.78 is 5.11. The lowest BCUT2D eigenvalue weighted by Gasteiger charge is -2.05. The second-order valence-corrected chi connectivity index (χ2v) is 3.41. The first-order chi connectivity index (χ1) is 7.09. The predicted octanol–water partition coefficient (Wildman–Crippen LogP) is 1.89. The Balaban J connectivity index is 2.64. The predicted molar refractivity (Wildman–Crippen MR) is 59.5 cm³/mol. The van der Waals surface area contributed by atoms with Gasteiger partial charge in [0.25, 0.3) is 0 Å². The highest BCUT2D eigenvalue weighted by Gasteiger charge is 2.07. The van der Waals surface area contributed by atoms with Gasteiger partial charge in [0, 0.05) is 11.6 Å². The van der Waals surface area contributed by atoms with E-state index in [-0.39, 0.29) is 12.0 Å². The summed E-state index contributed by atoms with van der Waals surface area (Å²) in [4.78, 5) is 11.5. The van der Waals surface area contributed by atoms with Crippen molar-refractivity contribution < 1.29 is 9.53 Å². The van der Waals surface area contributed by atoms with E-state index in [1.54, 1.807) is 32.1 Å². The summed E-state index contributed by atoms with van der Waals surface area (Å²) in [5.41, 5.74) is 6.06. The van der Waals surface area contributed by atoms with E-state index in [1.165, 1.54) is 0 Å². The van der Waals surface area contributed by atoms with E-state index in [2.05, 4.69) is 0 Å². The van der Waals surface area contributed by atoms with E-state index in [9.17, 15) is 4.79 Å². The summed E-state index contributed by atoms with van der Waals surface area (Å²) in [5, 5.41) is 0. The van der Waals surface area contributed by atoms with E-state index in [1.807, 2.05) is 18.2 Å². The molecule has 1 unspecified atom stereocenters. The molecule has 15 heavy (non-hydrogen) atoms. The van der Waals surface area contributed by atoms with Crippen molar-refractivity contribution in [3.05, 3.63) is 42.0 Å². The Morgan fingerprint density at radius 2 is 2.00 bits per heavy atom. The first-order valence-electron chi connectivity index (χ1n) is 4.81. The largest absolute Gasteiger partial charge is 0.423 e. The van der Waals surface area contributed by atoms with Crippen LogP contribution in [0.1, 0.15) is 13.8 Å². The van der Waals surface area contributed by atoms with Crippen LogP contribution in [0.25, 0.3) is 0 Å². The van der Waals surface area contributed by atoms with Crippen LogP contribution in [0.2, 0.25) is 0 Å². The maximum atomic E-state index is 11.5. The number of carbonyl (C=O) groups excluding carboxylic acids is 1. The molecule has 2 N–H and O–H groups in total. The molecule has 0 bridgehead atoms. The van der Waals surface area contributed by atoms with Gasteiger partial charge >= 0.3 is 5.97 Å². The quantitative estimate of drug-likeness (QED) is 0.465. The number of para-hydroxylation sites is 1. The molecular formula is C12H15NO2. The molecule has 0 radical (unpaired) electrons. The molecule has 0 spiro atoms. The second-order valence-electron chi connectivity index (χ2n) is 3.41. The van der Waals surface area contributed by atoms with E-state index in [4.69, 9.17) is 10.5 Å². The third kappa shape index (κ3) is 3.95. The molecule has 0 aliphatic rings. The van der Waals surface area contributed by atoms with Crippen molar-refractivity contribution in [2.75, 3.05) is 0 Å². The molecule has 0 aromatic heterocycles. The van der Waals surface area contributed by atoms with Gasteiger partial charge in [-0.1, -0.05) is 24.3 Å². The number of hydrogen-bond donors (Lipinski definition) is 1. The van der Waals surface area contributed by atoms with Gasteiger partial charge in [-0.25, -0.2) is 4.79 Å². The monoisotopic (exact) mass is 205 g/mol. The van der Waals surface area contributed by atoms with Crippen LogP contribution < -0.4 is 10.5 Å². The number of ether oxygens (including phenoxy) is 1. The van der Waals surface area contributed by atoms with Gasteiger partial charge in [-0.3, -0.25) is 0 Å². The summed E-state index contributed by atoms with van der Waals surface area (Å²) in [6.45, 7) is 3.49. The number of nitrogens with two attached hydrogens (primary N) is 1. The Labute approximate surface area is 89.5 Å². The van der Waals surface area contributed by atoms with Gasteiger partial charge in [-0.15, -0.1) is 0 Å². The van der Waals surface area contributed by atoms with Crippen LogP contribution in [0.5, 0.6) is 5.75 Å². The first-order valence-corrected chi connectivity index (χ1v) is 4.81. The topological polar surface area (TPSA) is 52.3 Å². The molecule has 1 rings (SSSR count). The summed E-state index contributed by atoms with van der Waals surface area (Å²) in [7, 11) is 0. The highest BCUT2D eigenvalue weighted by Crippen LogP contribution is 2.10. The van der Waals surface area contributed by atoms with Crippen molar-refractivity contribution in [1.29, 1.82) is 0 Å². The molecule has 0 heterocycles. The van der Waals surface area contributed by atoms with Crippen molar-refractivity contribution in [3.63, 3.8) is 0 Å². The zero-order valence-electron chi connectivity index (χ0n) is 8.94. The minimum Gasteiger partial charge on any atom is -0.423 e. The summed E-state index contributed by atoms with van der Waals surface area (Å²) in [6, 6.07) is 8.81. The van der Waals surface area contributed by atoms with Crippen LogP contribution in [0.4, 0.5) is 0 Å². The van der Waals surface area contributed by atoms with Crippen LogP contribution in [0.3, 0.4) is 0 Å². The Kier molecular flexibility index (Phi) is 4.06. The van der Waals surface area contributed by atoms with Crippen molar-refractivity contribution >= 4 is 5.97 Å². The zero-order valence-corrected chi connectivity index (χ0v) is 8.94. The Morgan fingerprint density at radius 1 is 1.40 bits per heavy atom. The highest BCUT2D eigenvalue weighted by atomic mass is 16.5. The Morgan fingerprint density at radius 3 is 2.53 bits per heavy atom. The zero-order chi connectivity index (χ0) is 11.3. The summed E-state index contributed by atoms with van der Waals surface area (Å²) >= 11 is 0. The standard InChI is InChI=1S/C12H15NO2/c1-9(8-10(2)13)12(14)15-11-6-4-3-5-7-11/h3-8,10H,13H2,1-2H3. The smallest absolute Gasteiger partial charge is 0.338 e. The summed E-state index contributed by atoms with van der Waals surface area (Å²) in [6.07, 6.45) is 1.67. The SMILES string of the molecule is CC(=CC(C)N)C(=O)Oc1ccccc1. The number of esters is 1. The first kappa shape index (κ1) is 11.5. The lowest BCUT2D eigenvalue weighted by molar-refractivity contribution is -0.130. The molecule has 0 aliphatic carbocycles.